The van der Waals surface area contributed by atoms with Gasteiger partial charge in [-0.25, -0.2) is 4.39 Å². The Balaban J connectivity index is 1.47. The van der Waals surface area contributed by atoms with Crippen molar-refractivity contribution >= 4 is 11.0 Å². The average Bonchev–Trinajstić information content (AvgIpc) is 3.29. The van der Waals surface area contributed by atoms with Crippen LogP contribution in [0.4, 0.5) is 4.39 Å². The molecule has 4 aromatic rings. The predicted octanol–water partition coefficient (Wildman–Crippen LogP) is 5.82. The summed E-state index contributed by atoms with van der Waals surface area (Å²) >= 11 is 0. The molecule has 0 atom stereocenters. The molecule has 0 amide bonds. The van der Waals surface area contributed by atoms with E-state index in [1.807, 2.05) is 18.2 Å². The van der Waals surface area contributed by atoms with Crippen LogP contribution in [-0.2, 0) is 19.5 Å². The van der Waals surface area contributed by atoms with Crippen LogP contribution in [0.3, 0.4) is 0 Å². The van der Waals surface area contributed by atoms with Gasteiger partial charge in [-0.15, -0.1) is 0 Å². The highest BCUT2D eigenvalue weighted by molar-refractivity contribution is 5.90. The molecular weight excluding hydrogens is 421 g/mol. The first-order valence-corrected chi connectivity index (χ1v) is 10.9. The molecule has 0 radical (unpaired) electrons. The van der Waals surface area contributed by atoms with Crippen LogP contribution in [-0.4, -0.2) is 32.8 Å². The summed E-state index contributed by atoms with van der Waals surface area (Å²) in [4.78, 5) is 2.41. The molecule has 1 aromatic heterocycles. The van der Waals surface area contributed by atoms with E-state index >= 15 is 0 Å². The van der Waals surface area contributed by atoms with Gasteiger partial charge in [0, 0.05) is 30.6 Å². The Morgan fingerprint density at radius 2 is 1.64 bits per heavy atom. The van der Waals surface area contributed by atoms with E-state index in [4.69, 9.17) is 18.6 Å². The summed E-state index contributed by atoms with van der Waals surface area (Å²) in [6.45, 7) is 2.51. The van der Waals surface area contributed by atoms with Crippen molar-refractivity contribution in [3.05, 3.63) is 77.1 Å². The normalized spacial score (nSPS) is 13.7. The lowest BCUT2D eigenvalue weighted by Crippen LogP contribution is -2.30. The van der Waals surface area contributed by atoms with Crippen molar-refractivity contribution in [2.24, 2.45) is 0 Å². The summed E-state index contributed by atoms with van der Waals surface area (Å²) in [7, 11) is 4.95. The number of fused-ring (bicyclic) bond motifs is 2. The first-order chi connectivity index (χ1) is 16.1. The topological polar surface area (TPSA) is 44.1 Å². The van der Waals surface area contributed by atoms with Crippen LogP contribution in [0.25, 0.3) is 22.3 Å². The number of furan rings is 1. The third-order valence-electron chi connectivity index (χ3n) is 6.26. The van der Waals surface area contributed by atoms with E-state index in [-0.39, 0.29) is 5.82 Å². The number of rotatable bonds is 6. The van der Waals surface area contributed by atoms with Gasteiger partial charge in [-0.05, 0) is 59.5 Å². The molecule has 0 spiro atoms. The maximum atomic E-state index is 13.8. The fourth-order valence-electron chi connectivity index (χ4n) is 4.55. The molecule has 2 heterocycles. The standard InChI is InChI=1S/C27H26FNO4/c1-30-23-8-7-19(22-14-24(33-27(22)23)18-5-4-6-21(28)11-18)15-29-10-9-17-12-25(31-2)26(32-3)13-20(17)16-29/h4-8,11-14H,9-10,15-16H2,1-3H3. The predicted molar refractivity (Wildman–Crippen MR) is 126 cm³/mol. The monoisotopic (exact) mass is 447 g/mol. The lowest BCUT2D eigenvalue weighted by atomic mass is 9.98. The van der Waals surface area contributed by atoms with Crippen LogP contribution in [0.1, 0.15) is 16.7 Å². The zero-order chi connectivity index (χ0) is 22.9. The van der Waals surface area contributed by atoms with Crippen molar-refractivity contribution in [3.8, 4) is 28.6 Å². The second-order valence-corrected chi connectivity index (χ2v) is 8.23. The molecule has 0 N–H and O–H groups in total. The zero-order valence-electron chi connectivity index (χ0n) is 19.0. The Morgan fingerprint density at radius 3 is 2.36 bits per heavy atom. The van der Waals surface area contributed by atoms with Gasteiger partial charge in [0.15, 0.2) is 22.8 Å². The number of methoxy groups -OCH3 is 3. The molecule has 5 nitrogen and oxygen atoms in total. The van der Waals surface area contributed by atoms with Gasteiger partial charge in [0.25, 0.3) is 0 Å². The number of halogens is 1. The van der Waals surface area contributed by atoms with Gasteiger partial charge in [0.2, 0.25) is 0 Å². The zero-order valence-corrected chi connectivity index (χ0v) is 19.0. The van der Waals surface area contributed by atoms with E-state index in [2.05, 4.69) is 23.1 Å². The molecule has 1 aliphatic heterocycles. The number of benzene rings is 3. The summed E-state index contributed by atoms with van der Waals surface area (Å²) in [6, 6.07) is 16.6. The molecule has 170 valence electrons. The van der Waals surface area contributed by atoms with E-state index in [0.29, 0.717) is 22.7 Å². The number of hydrogen-bond donors (Lipinski definition) is 0. The van der Waals surface area contributed by atoms with Crippen molar-refractivity contribution in [1.29, 1.82) is 0 Å². The molecule has 5 rings (SSSR count). The maximum Gasteiger partial charge on any atom is 0.176 e. The lowest BCUT2D eigenvalue weighted by molar-refractivity contribution is 0.245. The van der Waals surface area contributed by atoms with Gasteiger partial charge in [0.1, 0.15) is 11.6 Å². The maximum absolute atomic E-state index is 13.8. The first-order valence-electron chi connectivity index (χ1n) is 10.9. The molecule has 0 saturated heterocycles. The van der Waals surface area contributed by atoms with E-state index < -0.39 is 0 Å². The molecule has 0 saturated carbocycles. The Kier molecular flexibility index (Phi) is 5.68. The summed E-state index contributed by atoms with van der Waals surface area (Å²) in [5.74, 6) is 2.51. The van der Waals surface area contributed by atoms with Crippen LogP contribution in [0, 0.1) is 5.82 Å². The van der Waals surface area contributed by atoms with Gasteiger partial charge >= 0.3 is 0 Å². The van der Waals surface area contributed by atoms with Crippen LogP contribution in [0.15, 0.2) is 59.0 Å². The van der Waals surface area contributed by atoms with Crippen molar-refractivity contribution < 1.29 is 23.0 Å². The Labute approximate surface area is 192 Å². The Bertz CT molecular complexity index is 1310. The van der Waals surface area contributed by atoms with Gasteiger partial charge in [0.05, 0.1) is 21.3 Å². The summed E-state index contributed by atoms with van der Waals surface area (Å²) < 4.78 is 36.4. The molecular formula is C27H26FNO4. The molecule has 33 heavy (non-hydrogen) atoms. The van der Waals surface area contributed by atoms with Crippen molar-refractivity contribution in [1.82, 2.24) is 4.90 Å². The SMILES string of the molecule is COc1cc2c(cc1OC)CN(Cc1ccc(OC)c3oc(-c4cccc(F)c4)cc13)CC2. The summed E-state index contributed by atoms with van der Waals surface area (Å²) in [5.41, 5.74) is 5.06. The molecule has 3 aromatic carbocycles. The minimum atomic E-state index is -0.292. The minimum absolute atomic E-state index is 0.292. The second kappa shape index (κ2) is 8.79. The molecule has 0 bridgehead atoms. The highest BCUT2D eigenvalue weighted by Gasteiger charge is 2.22. The molecule has 6 heteroatoms. The minimum Gasteiger partial charge on any atom is -0.493 e. The number of ether oxygens (including phenoxy) is 3. The van der Waals surface area contributed by atoms with Crippen molar-refractivity contribution in [2.45, 2.75) is 19.5 Å². The third kappa shape index (κ3) is 4.02. The number of hydrogen-bond acceptors (Lipinski definition) is 5. The van der Waals surface area contributed by atoms with Crippen LogP contribution in [0.5, 0.6) is 17.2 Å². The fraction of sp³-hybridized carbons (Fsp3) is 0.259. The quantitative estimate of drug-likeness (QED) is 0.373. The highest BCUT2D eigenvalue weighted by Crippen LogP contribution is 2.37. The molecule has 0 fully saturated rings. The van der Waals surface area contributed by atoms with Gasteiger partial charge in [-0.3, -0.25) is 4.90 Å². The molecule has 1 aliphatic rings. The van der Waals surface area contributed by atoms with E-state index in [1.54, 1.807) is 27.4 Å². The molecule has 0 aliphatic carbocycles. The van der Waals surface area contributed by atoms with Gasteiger partial charge in [-0.2, -0.15) is 0 Å². The smallest absolute Gasteiger partial charge is 0.176 e. The summed E-state index contributed by atoms with van der Waals surface area (Å²) in [5, 5.41) is 0.978. The third-order valence-corrected chi connectivity index (χ3v) is 6.26. The first kappa shape index (κ1) is 21.3. The number of nitrogens with zero attached hydrogens (tertiary/aromatic N) is 1. The second-order valence-electron chi connectivity index (χ2n) is 8.23. The van der Waals surface area contributed by atoms with Crippen LogP contribution < -0.4 is 14.2 Å². The van der Waals surface area contributed by atoms with Crippen LogP contribution in [0.2, 0.25) is 0 Å². The van der Waals surface area contributed by atoms with Crippen LogP contribution >= 0.6 is 0 Å². The Hall–Kier alpha value is -3.51. The van der Waals surface area contributed by atoms with E-state index in [9.17, 15) is 4.39 Å². The fourth-order valence-corrected chi connectivity index (χ4v) is 4.55. The molecule has 0 unspecified atom stereocenters. The van der Waals surface area contributed by atoms with Crippen molar-refractivity contribution in [2.75, 3.05) is 27.9 Å². The van der Waals surface area contributed by atoms with E-state index in [0.717, 1.165) is 48.5 Å². The van der Waals surface area contributed by atoms with Gasteiger partial charge in [-0.1, -0.05) is 18.2 Å². The average molecular weight is 448 g/mol. The summed E-state index contributed by atoms with van der Waals surface area (Å²) in [6.07, 6.45) is 0.939. The largest absolute Gasteiger partial charge is 0.493 e. The Morgan fingerprint density at radius 1 is 0.879 bits per heavy atom. The van der Waals surface area contributed by atoms with Gasteiger partial charge < -0.3 is 18.6 Å². The van der Waals surface area contributed by atoms with Crippen molar-refractivity contribution in [3.63, 3.8) is 0 Å². The lowest BCUT2D eigenvalue weighted by Gasteiger charge is -2.29. The highest BCUT2D eigenvalue weighted by atomic mass is 19.1. The van der Waals surface area contributed by atoms with E-state index in [1.165, 1.54) is 23.3 Å².